The molecule has 1 rings (SSSR count). The van der Waals surface area contributed by atoms with E-state index in [2.05, 4.69) is 6.58 Å². The Morgan fingerprint density at radius 3 is 1.56 bits per heavy atom. The fourth-order valence-corrected chi connectivity index (χ4v) is 2.30. The highest BCUT2D eigenvalue weighted by Gasteiger charge is 2.15. The van der Waals surface area contributed by atoms with Crippen LogP contribution < -0.4 is 10.3 Å². The summed E-state index contributed by atoms with van der Waals surface area (Å²) in [5.74, 6) is 0. The van der Waals surface area contributed by atoms with E-state index in [1.54, 1.807) is 0 Å². The molecule has 0 atom stereocenters. The summed E-state index contributed by atoms with van der Waals surface area (Å²) >= 11 is 0. The minimum atomic E-state index is -3.99. The summed E-state index contributed by atoms with van der Waals surface area (Å²) in [7, 11) is -7.97. The van der Waals surface area contributed by atoms with Crippen LogP contribution in [0.5, 0.6) is 0 Å². The van der Waals surface area contributed by atoms with Gasteiger partial charge >= 0.3 is 0 Å². The van der Waals surface area contributed by atoms with Crippen LogP contribution in [0.15, 0.2) is 34.6 Å². The Labute approximate surface area is 93.7 Å². The van der Waals surface area contributed by atoms with Crippen molar-refractivity contribution < 1.29 is 16.8 Å². The standard InChI is InChI=1S/C8H10N2O4S2/c1-2-6-3-7(15(9,11)12)5-8(4-6)16(10,13)14/h2-5H,1H2,(H2,9,11,12)(H2,10,13,14). The Kier molecular flexibility index (Phi) is 3.20. The summed E-state index contributed by atoms with van der Waals surface area (Å²) in [6, 6.07) is 3.31. The van der Waals surface area contributed by atoms with Gasteiger partial charge in [-0.3, -0.25) is 0 Å². The lowest BCUT2D eigenvalue weighted by Gasteiger charge is -2.04. The Balaban J connectivity index is 3.64. The van der Waals surface area contributed by atoms with Crippen molar-refractivity contribution in [2.45, 2.75) is 9.79 Å². The molecule has 1 aromatic rings. The second kappa shape index (κ2) is 3.98. The van der Waals surface area contributed by atoms with E-state index in [0.717, 1.165) is 6.07 Å². The number of hydrogen-bond donors (Lipinski definition) is 2. The smallest absolute Gasteiger partial charge is 0.225 e. The molecule has 0 radical (unpaired) electrons. The Hall–Kier alpha value is -1.22. The van der Waals surface area contributed by atoms with Crippen molar-refractivity contribution in [2.24, 2.45) is 10.3 Å². The van der Waals surface area contributed by atoms with E-state index >= 15 is 0 Å². The number of primary sulfonamides is 2. The lowest BCUT2D eigenvalue weighted by atomic mass is 10.2. The highest BCUT2D eigenvalue weighted by Crippen LogP contribution is 2.17. The molecule has 8 heteroatoms. The lowest BCUT2D eigenvalue weighted by Crippen LogP contribution is -2.16. The number of hydrogen-bond acceptors (Lipinski definition) is 4. The quantitative estimate of drug-likeness (QED) is 0.771. The molecule has 0 spiro atoms. The van der Waals surface area contributed by atoms with Crippen molar-refractivity contribution in [3.63, 3.8) is 0 Å². The van der Waals surface area contributed by atoms with Crippen LogP contribution in [0.4, 0.5) is 0 Å². The second-order valence-electron chi connectivity index (χ2n) is 3.03. The van der Waals surface area contributed by atoms with Gasteiger partial charge in [0.2, 0.25) is 20.0 Å². The van der Waals surface area contributed by atoms with Gasteiger partial charge in [-0.2, -0.15) is 0 Å². The first-order valence-corrected chi connectivity index (χ1v) is 7.07. The molecule has 0 aliphatic rings. The van der Waals surface area contributed by atoms with E-state index in [9.17, 15) is 16.8 Å². The van der Waals surface area contributed by atoms with E-state index in [1.165, 1.54) is 18.2 Å². The molecule has 0 aliphatic carbocycles. The normalized spacial score (nSPS) is 12.4. The second-order valence-corrected chi connectivity index (χ2v) is 6.15. The van der Waals surface area contributed by atoms with Crippen LogP contribution in [0, 0.1) is 0 Å². The zero-order chi connectivity index (χ0) is 12.6. The predicted octanol–water partition coefficient (Wildman–Crippen LogP) is -0.376. The number of nitrogens with two attached hydrogens (primary N) is 2. The average Bonchev–Trinajstić information content (AvgIpc) is 2.14. The largest absolute Gasteiger partial charge is 0.238 e. The van der Waals surface area contributed by atoms with Crippen LogP contribution in [0.1, 0.15) is 5.56 Å². The Bertz CT molecular complexity index is 582. The fraction of sp³-hybridized carbons (Fsp3) is 0. The van der Waals surface area contributed by atoms with Gasteiger partial charge in [0.1, 0.15) is 0 Å². The molecule has 0 amide bonds. The van der Waals surface area contributed by atoms with Crippen LogP contribution in [0.25, 0.3) is 6.08 Å². The van der Waals surface area contributed by atoms with Gasteiger partial charge in [-0.25, -0.2) is 27.1 Å². The Morgan fingerprint density at radius 2 is 1.31 bits per heavy atom. The maximum Gasteiger partial charge on any atom is 0.238 e. The van der Waals surface area contributed by atoms with Gasteiger partial charge in [0.15, 0.2) is 0 Å². The third-order valence-electron chi connectivity index (χ3n) is 1.80. The van der Waals surface area contributed by atoms with Crippen LogP contribution in [-0.2, 0) is 20.0 Å². The summed E-state index contributed by atoms with van der Waals surface area (Å²) in [5.41, 5.74) is 0.301. The molecule has 6 nitrogen and oxygen atoms in total. The topological polar surface area (TPSA) is 120 Å². The van der Waals surface area contributed by atoms with Gasteiger partial charge in [0.25, 0.3) is 0 Å². The fourth-order valence-electron chi connectivity index (χ4n) is 1.04. The van der Waals surface area contributed by atoms with Gasteiger partial charge in [-0.1, -0.05) is 12.7 Å². The van der Waals surface area contributed by atoms with Gasteiger partial charge in [0.05, 0.1) is 9.79 Å². The molecule has 0 saturated carbocycles. The van der Waals surface area contributed by atoms with Crippen molar-refractivity contribution in [2.75, 3.05) is 0 Å². The third-order valence-corrected chi connectivity index (χ3v) is 3.58. The summed E-state index contributed by atoms with van der Waals surface area (Å²) < 4.78 is 44.4. The van der Waals surface area contributed by atoms with E-state index in [1.807, 2.05) is 0 Å². The molecule has 0 aliphatic heterocycles. The molecule has 0 fully saturated rings. The first kappa shape index (κ1) is 12.8. The number of sulfonamides is 2. The molecule has 16 heavy (non-hydrogen) atoms. The van der Waals surface area contributed by atoms with E-state index in [4.69, 9.17) is 10.3 Å². The Morgan fingerprint density at radius 1 is 0.938 bits per heavy atom. The van der Waals surface area contributed by atoms with Crippen molar-refractivity contribution >= 4 is 26.1 Å². The number of rotatable bonds is 3. The molecule has 88 valence electrons. The summed E-state index contributed by atoms with van der Waals surface area (Å²) in [6.45, 7) is 3.41. The highest BCUT2D eigenvalue weighted by molar-refractivity contribution is 7.90. The van der Waals surface area contributed by atoms with Crippen molar-refractivity contribution in [3.8, 4) is 0 Å². The van der Waals surface area contributed by atoms with Crippen LogP contribution in [-0.4, -0.2) is 16.8 Å². The lowest BCUT2D eigenvalue weighted by molar-refractivity contribution is 0.596. The molecule has 0 unspecified atom stereocenters. The first-order valence-electron chi connectivity index (χ1n) is 3.98. The van der Waals surface area contributed by atoms with E-state index in [0.29, 0.717) is 5.56 Å². The van der Waals surface area contributed by atoms with Crippen molar-refractivity contribution in [1.82, 2.24) is 0 Å². The van der Waals surface area contributed by atoms with E-state index in [-0.39, 0.29) is 9.79 Å². The van der Waals surface area contributed by atoms with E-state index < -0.39 is 20.0 Å². The molecule has 0 saturated heterocycles. The molecule has 0 heterocycles. The highest BCUT2D eigenvalue weighted by atomic mass is 32.2. The minimum absolute atomic E-state index is 0.301. The van der Waals surface area contributed by atoms with Crippen LogP contribution in [0.2, 0.25) is 0 Å². The molecule has 0 aromatic heterocycles. The summed E-state index contributed by atoms with van der Waals surface area (Å²) in [6.07, 6.45) is 1.30. The third kappa shape index (κ3) is 2.89. The van der Waals surface area contributed by atoms with Crippen LogP contribution in [0.3, 0.4) is 0 Å². The average molecular weight is 262 g/mol. The van der Waals surface area contributed by atoms with Crippen LogP contribution >= 0.6 is 0 Å². The SMILES string of the molecule is C=Cc1cc(S(N)(=O)=O)cc(S(N)(=O)=O)c1. The van der Waals surface area contributed by atoms with Gasteiger partial charge < -0.3 is 0 Å². The molecule has 4 N–H and O–H groups in total. The zero-order valence-corrected chi connectivity index (χ0v) is 9.75. The van der Waals surface area contributed by atoms with Crippen molar-refractivity contribution in [3.05, 3.63) is 30.3 Å². The van der Waals surface area contributed by atoms with Gasteiger partial charge in [0, 0.05) is 0 Å². The molecular formula is C8H10N2O4S2. The summed E-state index contributed by atoms with van der Waals surface area (Å²) in [5, 5.41) is 9.79. The maximum atomic E-state index is 11.1. The van der Waals surface area contributed by atoms with Crippen molar-refractivity contribution in [1.29, 1.82) is 0 Å². The van der Waals surface area contributed by atoms with Gasteiger partial charge in [-0.05, 0) is 23.8 Å². The monoisotopic (exact) mass is 262 g/mol. The molecule has 1 aromatic carbocycles. The first-order chi connectivity index (χ1) is 7.14. The number of benzene rings is 1. The van der Waals surface area contributed by atoms with Gasteiger partial charge in [-0.15, -0.1) is 0 Å². The molecular weight excluding hydrogens is 252 g/mol. The summed E-state index contributed by atoms with van der Waals surface area (Å²) in [4.78, 5) is -0.650. The maximum absolute atomic E-state index is 11.1. The molecule has 0 bridgehead atoms. The predicted molar refractivity (Wildman–Crippen MR) is 59.3 cm³/mol. The minimum Gasteiger partial charge on any atom is -0.225 e. The zero-order valence-electron chi connectivity index (χ0n) is 8.12.